The molecule has 1 aromatic carbocycles. The second-order valence-corrected chi connectivity index (χ2v) is 6.52. The van der Waals surface area contributed by atoms with Gasteiger partial charge in [-0.15, -0.1) is 0 Å². The van der Waals surface area contributed by atoms with Gasteiger partial charge in [0, 0.05) is 36.3 Å². The molecule has 0 bridgehead atoms. The van der Waals surface area contributed by atoms with Crippen molar-refractivity contribution in [2.45, 2.75) is 26.3 Å². The Kier molecular flexibility index (Phi) is 4.83. The first-order valence-electron chi connectivity index (χ1n) is 6.95. The molecule has 0 aliphatic carbocycles. The predicted octanol–water partition coefficient (Wildman–Crippen LogP) is 2.38. The van der Waals surface area contributed by atoms with E-state index in [0.717, 1.165) is 41.9 Å². The van der Waals surface area contributed by atoms with E-state index in [1.54, 1.807) is 0 Å². The molecule has 5 heteroatoms. The number of carbonyl (C=O) groups excluding carboxylic acids is 1. The smallest absolute Gasteiger partial charge is 0.244 e. The highest BCUT2D eigenvalue weighted by molar-refractivity contribution is 9.10. The van der Waals surface area contributed by atoms with Crippen LogP contribution in [-0.4, -0.2) is 42.5 Å². The molecule has 1 saturated heterocycles. The van der Waals surface area contributed by atoms with E-state index in [0.29, 0.717) is 0 Å². The Bertz CT molecular complexity index is 496. The first kappa shape index (κ1) is 15.5. The van der Waals surface area contributed by atoms with Crippen molar-refractivity contribution in [2.24, 2.45) is 0 Å². The summed E-state index contributed by atoms with van der Waals surface area (Å²) in [6.07, 6.45) is 0. The van der Waals surface area contributed by atoms with Crippen molar-refractivity contribution in [3.8, 4) is 0 Å². The van der Waals surface area contributed by atoms with Crippen molar-refractivity contribution < 1.29 is 4.79 Å². The van der Waals surface area contributed by atoms with Crippen molar-refractivity contribution in [2.75, 3.05) is 31.5 Å². The Morgan fingerprint density at radius 2 is 2.00 bits per heavy atom. The average Bonchev–Trinajstić information content (AvgIpc) is 2.44. The normalized spacial score (nSPS) is 17.0. The maximum Gasteiger partial charge on any atom is 0.244 e. The lowest BCUT2D eigenvalue weighted by Crippen LogP contribution is -2.58. The highest BCUT2D eigenvalue weighted by Crippen LogP contribution is 2.25. The van der Waals surface area contributed by atoms with Crippen LogP contribution in [0.4, 0.5) is 5.69 Å². The summed E-state index contributed by atoms with van der Waals surface area (Å²) in [5.41, 5.74) is 1.42. The Balaban J connectivity index is 2.12. The fourth-order valence-electron chi connectivity index (χ4n) is 2.39. The van der Waals surface area contributed by atoms with E-state index in [1.807, 2.05) is 39.0 Å². The van der Waals surface area contributed by atoms with E-state index in [-0.39, 0.29) is 5.91 Å². The van der Waals surface area contributed by atoms with Gasteiger partial charge in [0.2, 0.25) is 5.91 Å². The Hall–Kier alpha value is -0.910. The van der Waals surface area contributed by atoms with E-state index >= 15 is 0 Å². The Morgan fingerprint density at radius 3 is 2.65 bits per heavy atom. The fraction of sp³-hybridized carbons (Fsp3) is 0.533. The molecule has 0 radical (unpaired) electrons. The second kappa shape index (κ2) is 6.24. The van der Waals surface area contributed by atoms with Gasteiger partial charge >= 0.3 is 0 Å². The van der Waals surface area contributed by atoms with E-state index in [4.69, 9.17) is 0 Å². The number of carbonyl (C=O) groups is 1. The lowest BCUT2D eigenvalue weighted by molar-refractivity contribution is -0.126. The SMILES string of the molecule is Cc1c(Br)cccc1NC(=O)C(C)(C)N1CCNCC1. The lowest BCUT2D eigenvalue weighted by Gasteiger charge is -2.39. The zero-order chi connectivity index (χ0) is 14.8. The summed E-state index contributed by atoms with van der Waals surface area (Å²) in [5, 5.41) is 6.37. The lowest BCUT2D eigenvalue weighted by atomic mass is 10.00. The van der Waals surface area contributed by atoms with Crippen LogP contribution in [0.2, 0.25) is 0 Å². The van der Waals surface area contributed by atoms with Crippen molar-refractivity contribution in [1.29, 1.82) is 0 Å². The molecule has 2 N–H and O–H groups in total. The minimum Gasteiger partial charge on any atom is -0.324 e. The van der Waals surface area contributed by atoms with Gasteiger partial charge in [-0.05, 0) is 38.5 Å². The van der Waals surface area contributed by atoms with Crippen molar-refractivity contribution in [1.82, 2.24) is 10.2 Å². The van der Waals surface area contributed by atoms with Crippen LogP contribution >= 0.6 is 15.9 Å². The van der Waals surface area contributed by atoms with Gasteiger partial charge in [-0.3, -0.25) is 9.69 Å². The minimum atomic E-state index is -0.503. The van der Waals surface area contributed by atoms with Gasteiger partial charge in [0.1, 0.15) is 0 Å². The van der Waals surface area contributed by atoms with Gasteiger partial charge in [-0.1, -0.05) is 22.0 Å². The van der Waals surface area contributed by atoms with Crippen molar-refractivity contribution >= 4 is 27.5 Å². The maximum atomic E-state index is 12.6. The molecule has 110 valence electrons. The first-order valence-corrected chi connectivity index (χ1v) is 7.74. The summed E-state index contributed by atoms with van der Waals surface area (Å²) in [5.74, 6) is 0.0422. The van der Waals surface area contributed by atoms with Crippen molar-refractivity contribution in [3.63, 3.8) is 0 Å². The van der Waals surface area contributed by atoms with E-state index in [9.17, 15) is 4.79 Å². The molecule has 0 saturated carbocycles. The molecule has 1 amide bonds. The van der Waals surface area contributed by atoms with Gasteiger partial charge in [0.05, 0.1) is 5.54 Å². The number of hydrogen-bond acceptors (Lipinski definition) is 3. The summed E-state index contributed by atoms with van der Waals surface area (Å²) in [7, 11) is 0. The summed E-state index contributed by atoms with van der Waals surface area (Å²) in [4.78, 5) is 14.8. The second-order valence-electron chi connectivity index (χ2n) is 5.66. The molecule has 4 nitrogen and oxygen atoms in total. The summed E-state index contributed by atoms with van der Waals surface area (Å²) < 4.78 is 1.01. The summed E-state index contributed by atoms with van der Waals surface area (Å²) in [6.45, 7) is 9.65. The Labute approximate surface area is 129 Å². The average molecular weight is 340 g/mol. The molecule has 1 aromatic rings. The minimum absolute atomic E-state index is 0.0422. The molecule has 0 atom stereocenters. The third-order valence-electron chi connectivity index (χ3n) is 3.98. The molecule has 1 fully saturated rings. The van der Waals surface area contributed by atoms with Crippen LogP contribution in [0.25, 0.3) is 0 Å². The predicted molar refractivity (Wildman–Crippen MR) is 86.0 cm³/mol. The molecule has 0 aromatic heterocycles. The molecule has 0 unspecified atom stereocenters. The summed E-state index contributed by atoms with van der Waals surface area (Å²) in [6, 6.07) is 5.85. The van der Waals surface area contributed by atoms with Crippen LogP contribution in [0.15, 0.2) is 22.7 Å². The maximum absolute atomic E-state index is 12.6. The molecule has 2 rings (SSSR count). The first-order chi connectivity index (χ1) is 9.43. The number of benzene rings is 1. The summed E-state index contributed by atoms with van der Waals surface area (Å²) >= 11 is 3.49. The molecular weight excluding hydrogens is 318 g/mol. The number of anilines is 1. The number of halogens is 1. The number of nitrogens with one attached hydrogen (secondary N) is 2. The standard InChI is InChI=1S/C15H22BrN3O/c1-11-12(16)5-4-6-13(11)18-14(20)15(2,3)19-9-7-17-8-10-19/h4-6,17H,7-10H2,1-3H3,(H,18,20). The highest BCUT2D eigenvalue weighted by atomic mass is 79.9. The van der Waals surface area contributed by atoms with Crippen LogP contribution in [0.3, 0.4) is 0 Å². The van der Waals surface area contributed by atoms with E-state index in [2.05, 4.69) is 31.5 Å². The topological polar surface area (TPSA) is 44.4 Å². The number of hydrogen-bond donors (Lipinski definition) is 2. The van der Waals surface area contributed by atoms with Crippen LogP contribution in [0.5, 0.6) is 0 Å². The van der Waals surface area contributed by atoms with Gasteiger partial charge in [0.25, 0.3) is 0 Å². The molecule has 20 heavy (non-hydrogen) atoms. The molecular formula is C15H22BrN3O. The monoisotopic (exact) mass is 339 g/mol. The largest absolute Gasteiger partial charge is 0.324 e. The number of nitrogens with zero attached hydrogens (tertiary/aromatic N) is 1. The molecule has 1 aliphatic rings. The molecule has 1 aliphatic heterocycles. The zero-order valence-electron chi connectivity index (χ0n) is 12.3. The Morgan fingerprint density at radius 1 is 1.35 bits per heavy atom. The van der Waals surface area contributed by atoms with E-state index < -0.39 is 5.54 Å². The molecule has 1 heterocycles. The van der Waals surface area contributed by atoms with Crippen LogP contribution in [0, 0.1) is 6.92 Å². The quantitative estimate of drug-likeness (QED) is 0.888. The molecule has 0 spiro atoms. The van der Waals surface area contributed by atoms with Gasteiger partial charge in [-0.2, -0.15) is 0 Å². The number of rotatable bonds is 3. The number of amides is 1. The van der Waals surface area contributed by atoms with Gasteiger partial charge in [0.15, 0.2) is 0 Å². The third-order valence-corrected chi connectivity index (χ3v) is 4.84. The third kappa shape index (κ3) is 3.22. The van der Waals surface area contributed by atoms with Crippen LogP contribution in [-0.2, 0) is 4.79 Å². The number of piperazine rings is 1. The zero-order valence-corrected chi connectivity index (χ0v) is 13.9. The van der Waals surface area contributed by atoms with Gasteiger partial charge in [-0.25, -0.2) is 0 Å². The van der Waals surface area contributed by atoms with Crippen LogP contribution < -0.4 is 10.6 Å². The van der Waals surface area contributed by atoms with E-state index in [1.165, 1.54) is 0 Å². The van der Waals surface area contributed by atoms with Crippen molar-refractivity contribution in [3.05, 3.63) is 28.2 Å². The van der Waals surface area contributed by atoms with Gasteiger partial charge < -0.3 is 10.6 Å². The fourth-order valence-corrected chi connectivity index (χ4v) is 2.75. The highest BCUT2D eigenvalue weighted by Gasteiger charge is 2.35. The van der Waals surface area contributed by atoms with Crippen LogP contribution in [0.1, 0.15) is 19.4 Å².